The molecule has 0 amide bonds. The van der Waals surface area contributed by atoms with Gasteiger partial charge in [-0.1, -0.05) is 0 Å². The molecule has 0 bridgehead atoms. The SMILES string of the molecule is CCN(CC1CCC(CC(=O)O)CC1)c1ccc(C(F)(F)F)cc1CN(c1ncc(OC)cn1)[C@@H](C)c1cc(C(F)(F)F)cc(C(F)(F)F)c1. The van der Waals surface area contributed by atoms with Crippen LogP contribution in [0.4, 0.5) is 51.1 Å². The molecule has 274 valence electrons. The molecule has 0 spiro atoms. The molecule has 50 heavy (non-hydrogen) atoms. The Labute approximate surface area is 283 Å². The van der Waals surface area contributed by atoms with E-state index in [1.54, 1.807) is 0 Å². The largest absolute Gasteiger partial charge is 0.494 e. The predicted molar refractivity (Wildman–Crippen MR) is 167 cm³/mol. The van der Waals surface area contributed by atoms with E-state index in [1.807, 2.05) is 11.8 Å². The van der Waals surface area contributed by atoms with Gasteiger partial charge in [0.05, 0.1) is 42.2 Å². The van der Waals surface area contributed by atoms with Crippen molar-refractivity contribution in [3.8, 4) is 5.75 Å². The standard InChI is InChI=1S/C34H37F9N4O3/c1-4-46(18-22-7-5-21(6-8-22)11-30(48)49)29-10-9-25(32(35,36)37)14-24(29)19-47(31-44-16-28(50-3)17-45-31)20(2)23-12-26(33(38,39)40)15-27(13-23)34(41,42)43/h9-10,12-17,20-22H,4-8,11,18-19H2,1-3H3,(H,48,49)/t20-,21?,22?/m0/s1. The maximum atomic E-state index is 14.0. The lowest BCUT2D eigenvalue weighted by atomic mass is 9.80. The van der Waals surface area contributed by atoms with E-state index in [0.717, 1.165) is 12.1 Å². The monoisotopic (exact) mass is 720 g/mol. The van der Waals surface area contributed by atoms with Crippen LogP contribution in [0.2, 0.25) is 0 Å². The molecule has 1 saturated carbocycles. The average Bonchev–Trinajstić information content (AvgIpc) is 3.05. The number of carbonyl (C=O) groups is 1. The molecule has 1 fully saturated rings. The maximum absolute atomic E-state index is 14.0. The van der Waals surface area contributed by atoms with Crippen LogP contribution in [0, 0.1) is 11.8 Å². The minimum Gasteiger partial charge on any atom is -0.494 e. The summed E-state index contributed by atoms with van der Waals surface area (Å²) in [5.41, 5.74) is -4.01. The van der Waals surface area contributed by atoms with Gasteiger partial charge in [-0.3, -0.25) is 4.79 Å². The number of hydrogen-bond donors (Lipinski definition) is 1. The molecule has 1 heterocycles. The second-order valence-electron chi connectivity index (χ2n) is 12.4. The Balaban J connectivity index is 1.80. The first kappa shape index (κ1) is 38.6. The molecule has 0 radical (unpaired) electrons. The fourth-order valence-corrected chi connectivity index (χ4v) is 6.30. The summed E-state index contributed by atoms with van der Waals surface area (Å²) in [7, 11) is 1.33. The number of nitrogens with zero attached hydrogens (tertiary/aromatic N) is 4. The third kappa shape index (κ3) is 9.71. The molecule has 7 nitrogen and oxygen atoms in total. The molecule has 0 aliphatic heterocycles. The van der Waals surface area contributed by atoms with Gasteiger partial charge >= 0.3 is 24.5 Å². The van der Waals surface area contributed by atoms with Crippen molar-refractivity contribution >= 4 is 17.6 Å². The summed E-state index contributed by atoms with van der Waals surface area (Å²) in [5.74, 6) is -0.714. The first-order valence-corrected chi connectivity index (χ1v) is 15.9. The second kappa shape index (κ2) is 15.3. The first-order chi connectivity index (χ1) is 23.3. The first-order valence-electron chi connectivity index (χ1n) is 15.9. The van der Waals surface area contributed by atoms with Crippen molar-refractivity contribution in [2.24, 2.45) is 11.8 Å². The maximum Gasteiger partial charge on any atom is 0.416 e. The van der Waals surface area contributed by atoms with E-state index in [-0.39, 0.29) is 41.6 Å². The Morgan fingerprint density at radius 3 is 1.88 bits per heavy atom. The Morgan fingerprint density at radius 1 is 0.860 bits per heavy atom. The smallest absolute Gasteiger partial charge is 0.416 e. The zero-order valence-corrected chi connectivity index (χ0v) is 27.5. The molecule has 0 saturated heterocycles. The fraction of sp³-hybridized carbons (Fsp3) is 0.500. The van der Waals surface area contributed by atoms with E-state index >= 15 is 0 Å². The van der Waals surface area contributed by atoms with Crippen molar-refractivity contribution in [2.45, 2.75) is 77.1 Å². The van der Waals surface area contributed by atoms with E-state index in [0.29, 0.717) is 56.6 Å². The molecule has 1 N–H and O–H groups in total. The van der Waals surface area contributed by atoms with E-state index in [4.69, 9.17) is 9.84 Å². The van der Waals surface area contributed by atoms with Crippen molar-refractivity contribution in [3.05, 3.63) is 76.6 Å². The number of carboxylic acids is 1. The van der Waals surface area contributed by atoms with Gasteiger partial charge in [-0.15, -0.1) is 0 Å². The third-order valence-corrected chi connectivity index (χ3v) is 9.05. The van der Waals surface area contributed by atoms with Crippen LogP contribution in [0.5, 0.6) is 5.75 Å². The number of benzene rings is 2. The highest BCUT2D eigenvalue weighted by molar-refractivity contribution is 5.67. The summed E-state index contributed by atoms with van der Waals surface area (Å²) in [4.78, 5) is 22.7. The minimum atomic E-state index is -5.13. The molecule has 2 aromatic carbocycles. The molecule has 0 unspecified atom stereocenters. The topological polar surface area (TPSA) is 78.8 Å². The van der Waals surface area contributed by atoms with Crippen molar-refractivity contribution in [1.29, 1.82) is 0 Å². The lowest BCUT2D eigenvalue weighted by Gasteiger charge is -2.36. The van der Waals surface area contributed by atoms with Crippen molar-refractivity contribution in [2.75, 3.05) is 30.0 Å². The summed E-state index contributed by atoms with van der Waals surface area (Å²) in [6, 6.07) is 2.99. The number of anilines is 2. The lowest BCUT2D eigenvalue weighted by Crippen LogP contribution is -2.34. The predicted octanol–water partition coefficient (Wildman–Crippen LogP) is 9.42. The van der Waals surface area contributed by atoms with Crippen LogP contribution in [0.1, 0.15) is 79.8 Å². The summed E-state index contributed by atoms with van der Waals surface area (Å²) >= 11 is 0. The van der Waals surface area contributed by atoms with E-state index < -0.39 is 59.3 Å². The number of carboxylic acid groups (broad SMARTS) is 1. The Kier molecular flexibility index (Phi) is 11.8. The zero-order chi connectivity index (χ0) is 37.0. The van der Waals surface area contributed by atoms with Gasteiger partial charge < -0.3 is 19.6 Å². The molecular formula is C34H37F9N4O3. The van der Waals surface area contributed by atoms with Crippen LogP contribution in [-0.4, -0.2) is 41.2 Å². The fourth-order valence-electron chi connectivity index (χ4n) is 6.30. The van der Waals surface area contributed by atoms with Gasteiger partial charge in [0.15, 0.2) is 5.75 Å². The van der Waals surface area contributed by atoms with Gasteiger partial charge in [-0.2, -0.15) is 39.5 Å². The van der Waals surface area contributed by atoms with Crippen molar-refractivity contribution in [3.63, 3.8) is 0 Å². The van der Waals surface area contributed by atoms with Crippen LogP contribution in [-0.2, 0) is 29.9 Å². The second-order valence-corrected chi connectivity index (χ2v) is 12.4. The van der Waals surface area contributed by atoms with Gasteiger partial charge in [0, 0.05) is 31.7 Å². The van der Waals surface area contributed by atoms with E-state index in [2.05, 4.69) is 9.97 Å². The molecule has 1 aromatic heterocycles. The van der Waals surface area contributed by atoms with Gasteiger partial charge in [0.1, 0.15) is 0 Å². The number of alkyl halides is 9. The number of halogens is 9. The molecule has 3 aromatic rings. The highest BCUT2D eigenvalue weighted by atomic mass is 19.4. The number of aliphatic carboxylic acids is 1. The van der Waals surface area contributed by atoms with Gasteiger partial charge in [-0.05, 0) is 98.9 Å². The number of aromatic nitrogens is 2. The minimum absolute atomic E-state index is 0.00359. The van der Waals surface area contributed by atoms with Crippen LogP contribution in [0.15, 0.2) is 48.8 Å². The molecular weight excluding hydrogens is 683 g/mol. The lowest BCUT2D eigenvalue weighted by molar-refractivity contribution is -0.143. The van der Waals surface area contributed by atoms with Crippen molar-refractivity contribution < 1.29 is 54.2 Å². The zero-order valence-electron chi connectivity index (χ0n) is 27.5. The molecule has 1 atom stereocenters. The van der Waals surface area contributed by atoms with Crippen molar-refractivity contribution in [1.82, 2.24) is 9.97 Å². The number of hydrogen-bond acceptors (Lipinski definition) is 6. The summed E-state index contributed by atoms with van der Waals surface area (Å²) in [5, 5.41) is 9.16. The highest BCUT2D eigenvalue weighted by Gasteiger charge is 2.38. The van der Waals surface area contributed by atoms with Gasteiger partial charge in [-0.25, -0.2) is 9.97 Å². The van der Waals surface area contributed by atoms with E-state index in [1.165, 1.54) is 37.4 Å². The number of ether oxygens (including phenoxy) is 1. The number of rotatable bonds is 12. The van der Waals surface area contributed by atoms with Crippen LogP contribution < -0.4 is 14.5 Å². The van der Waals surface area contributed by atoms with E-state index in [9.17, 15) is 44.3 Å². The molecule has 1 aliphatic rings. The summed E-state index contributed by atoms with van der Waals surface area (Å²) in [6.45, 7) is 3.51. The third-order valence-electron chi connectivity index (χ3n) is 9.05. The Morgan fingerprint density at radius 2 is 1.40 bits per heavy atom. The van der Waals surface area contributed by atoms with Crippen LogP contribution in [0.25, 0.3) is 0 Å². The van der Waals surface area contributed by atoms with Gasteiger partial charge in [0.25, 0.3) is 0 Å². The summed E-state index contributed by atoms with van der Waals surface area (Å²) < 4.78 is 130. The van der Waals surface area contributed by atoms with Crippen LogP contribution in [0.3, 0.4) is 0 Å². The highest BCUT2D eigenvalue weighted by Crippen LogP contribution is 2.41. The number of methoxy groups -OCH3 is 1. The van der Waals surface area contributed by atoms with Gasteiger partial charge in [0.2, 0.25) is 5.95 Å². The molecule has 1 aliphatic carbocycles. The summed E-state index contributed by atoms with van der Waals surface area (Å²) in [6.07, 6.45) is -9.71. The molecule has 4 rings (SSSR count). The normalized spacial score (nSPS) is 17.7. The molecule has 16 heteroatoms. The quantitative estimate of drug-likeness (QED) is 0.187. The Bertz CT molecular complexity index is 1570. The Hall–Kier alpha value is -4.24. The average molecular weight is 721 g/mol. The van der Waals surface area contributed by atoms with Crippen LogP contribution >= 0.6 is 0 Å².